The fourth-order valence-electron chi connectivity index (χ4n) is 2.01. The minimum atomic E-state index is -0.0414. The van der Waals surface area contributed by atoms with Crippen molar-refractivity contribution in [1.82, 2.24) is 5.32 Å². The molecule has 0 saturated carbocycles. The van der Waals surface area contributed by atoms with Gasteiger partial charge in [-0.25, -0.2) is 0 Å². The Morgan fingerprint density at radius 3 is 2.45 bits per heavy atom. The van der Waals surface area contributed by atoms with Gasteiger partial charge in [-0.15, -0.1) is 0 Å². The van der Waals surface area contributed by atoms with Crippen LogP contribution in [0.4, 0.5) is 0 Å². The summed E-state index contributed by atoms with van der Waals surface area (Å²) in [6, 6.07) is 15.5. The highest BCUT2D eigenvalue weighted by Gasteiger charge is 2.06. The van der Waals surface area contributed by atoms with E-state index >= 15 is 0 Å². The van der Waals surface area contributed by atoms with Crippen LogP contribution >= 0.6 is 0 Å². The Kier molecular flexibility index (Phi) is 4.77. The van der Waals surface area contributed by atoms with E-state index in [4.69, 9.17) is 4.74 Å². The van der Waals surface area contributed by atoms with Crippen LogP contribution in [0, 0.1) is 0 Å². The minimum Gasteiger partial charge on any atom is -0.494 e. The molecule has 1 amide bonds. The number of nitrogens with one attached hydrogen (secondary N) is 1. The maximum atomic E-state index is 11.8. The molecule has 20 heavy (non-hydrogen) atoms. The van der Waals surface area contributed by atoms with Gasteiger partial charge in [-0.3, -0.25) is 4.79 Å². The summed E-state index contributed by atoms with van der Waals surface area (Å²) >= 11 is 0. The molecule has 3 nitrogen and oxygen atoms in total. The molecule has 0 heterocycles. The van der Waals surface area contributed by atoms with Gasteiger partial charge in [-0.1, -0.05) is 24.3 Å². The molecule has 0 atom stereocenters. The first-order valence-electron chi connectivity index (χ1n) is 6.86. The van der Waals surface area contributed by atoms with E-state index in [0.717, 1.165) is 16.9 Å². The van der Waals surface area contributed by atoms with Crippen LogP contribution in [0.3, 0.4) is 0 Å². The first-order valence-corrected chi connectivity index (χ1v) is 6.86. The van der Waals surface area contributed by atoms with Gasteiger partial charge in [0.25, 0.3) is 5.91 Å². The van der Waals surface area contributed by atoms with Crippen LogP contribution in [-0.4, -0.2) is 19.1 Å². The van der Waals surface area contributed by atoms with Gasteiger partial charge in [0.15, 0.2) is 0 Å². The summed E-state index contributed by atoms with van der Waals surface area (Å²) in [5.74, 6) is 0.816. The molecule has 3 heteroatoms. The number of carbonyl (C=O) groups excluding carboxylic acids is 1. The summed E-state index contributed by atoms with van der Waals surface area (Å²) in [4.78, 5) is 11.8. The third kappa shape index (κ3) is 3.38. The molecule has 0 fully saturated rings. The highest BCUT2D eigenvalue weighted by atomic mass is 16.5. The van der Waals surface area contributed by atoms with Crippen LogP contribution in [-0.2, 0) is 0 Å². The van der Waals surface area contributed by atoms with Crippen LogP contribution in [0.5, 0.6) is 5.75 Å². The Bertz CT molecular complexity index is 576. The number of ether oxygens (including phenoxy) is 1. The Morgan fingerprint density at radius 1 is 1.05 bits per heavy atom. The average Bonchev–Trinajstić information content (AvgIpc) is 2.49. The van der Waals surface area contributed by atoms with Crippen molar-refractivity contribution in [2.75, 3.05) is 13.2 Å². The molecule has 0 unspecified atom stereocenters. The van der Waals surface area contributed by atoms with Crippen LogP contribution in [0.2, 0.25) is 0 Å². The lowest BCUT2D eigenvalue weighted by atomic mass is 10.0. The fourth-order valence-corrected chi connectivity index (χ4v) is 2.01. The smallest absolute Gasteiger partial charge is 0.251 e. The van der Waals surface area contributed by atoms with Crippen molar-refractivity contribution in [1.29, 1.82) is 0 Å². The molecule has 2 rings (SSSR count). The van der Waals surface area contributed by atoms with Crippen LogP contribution in [0.1, 0.15) is 24.2 Å². The number of carbonyl (C=O) groups is 1. The maximum Gasteiger partial charge on any atom is 0.251 e. The van der Waals surface area contributed by atoms with E-state index in [-0.39, 0.29) is 5.91 Å². The van der Waals surface area contributed by atoms with Crippen molar-refractivity contribution in [2.24, 2.45) is 0 Å². The summed E-state index contributed by atoms with van der Waals surface area (Å²) in [6.45, 7) is 5.16. The van der Waals surface area contributed by atoms with Crippen molar-refractivity contribution in [3.05, 3.63) is 54.1 Å². The number of hydrogen-bond acceptors (Lipinski definition) is 2. The molecule has 0 saturated heterocycles. The number of rotatable bonds is 5. The Morgan fingerprint density at radius 2 is 1.80 bits per heavy atom. The van der Waals surface area contributed by atoms with Gasteiger partial charge in [-0.2, -0.15) is 0 Å². The van der Waals surface area contributed by atoms with E-state index in [1.54, 1.807) is 0 Å². The van der Waals surface area contributed by atoms with Gasteiger partial charge in [0, 0.05) is 12.1 Å². The molecule has 1 N–H and O–H groups in total. The zero-order valence-electron chi connectivity index (χ0n) is 11.8. The maximum absolute atomic E-state index is 11.8. The van der Waals surface area contributed by atoms with E-state index in [9.17, 15) is 4.79 Å². The lowest BCUT2D eigenvalue weighted by Gasteiger charge is -2.07. The average molecular weight is 269 g/mol. The molecule has 104 valence electrons. The first-order chi connectivity index (χ1) is 9.74. The first kappa shape index (κ1) is 14.1. The summed E-state index contributed by atoms with van der Waals surface area (Å²) in [5.41, 5.74) is 2.77. The largest absolute Gasteiger partial charge is 0.494 e. The van der Waals surface area contributed by atoms with E-state index in [1.165, 1.54) is 0 Å². The number of hydrogen-bond donors (Lipinski definition) is 1. The number of amides is 1. The molecular weight excluding hydrogens is 250 g/mol. The van der Waals surface area contributed by atoms with Gasteiger partial charge in [0.05, 0.1) is 6.61 Å². The van der Waals surface area contributed by atoms with Crippen molar-refractivity contribution in [2.45, 2.75) is 13.8 Å². The van der Waals surface area contributed by atoms with Gasteiger partial charge in [0.2, 0.25) is 0 Å². The monoisotopic (exact) mass is 269 g/mol. The molecule has 0 spiro atoms. The van der Waals surface area contributed by atoms with Gasteiger partial charge in [-0.05, 0) is 49.2 Å². The summed E-state index contributed by atoms with van der Waals surface area (Å²) < 4.78 is 5.43. The van der Waals surface area contributed by atoms with Crippen LogP contribution in [0.15, 0.2) is 48.5 Å². The Balaban J connectivity index is 2.24. The van der Waals surface area contributed by atoms with Crippen molar-refractivity contribution in [3.8, 4) is 16.9 Å². The molecule has 0 aliphatic heterocycles. The Hall–Kier alpha value is -2.29. The molecule has 0 radical (unpaired) electrons. The minimum absolute atomic E-state index is 0.0414. The van der Waals surface area contributed by atoms with Crippen molar-refractivity contribution in [3.63, 3.8) is 0 Å². The van der Waals surface area contributed by atoms with E-state index < -0.39 is 0 Å². The van der Waals surface area contributed by atoms with E-state index in [1.807, 2.05) is 62.4 Å². The second kappa shape index (κ2) is 6.75. The quantitative estimate of drug-likeness (QED) is 0.902. The fraction of sp³-hybridized carbons (Fsp3) is 0.235. The lowest BCUT2D eigenvalue weighted by molar-refractivity contribution is 0.0956. The molecule has 2 aromatic carbocycles. The molecule has 2 aromatic rings. The predicted molar refractivity (Wildman–Crippen MR) is 81.1 cm³/mol. The Labute approximate surface area is 119 Å². The van der Waals surface area contributed by atoms with Gasteiger partial charge in [0.1, 0.15) is 5.75 Å². The molecule has 0 aliphatic carbocycles. The lowest BCUT2D eigenvalue weighted by Crippen LogP contribution is -2.22. The van der Waals surface area contributed by atoms with Crippen molar-refractivity contribution >= 4 is 5.91 Å². The molecule has 0 aromatic heterocycles. The normalized spacial score (nSPS) is 10.1. The topological polar surface area (TPSA) is 38.3 Å². The van der Waals surface area contributed by atoms with Crippen molar-refractivity contribution < 1.29 is 9.53 Å². The predicted octanol–water partition coefficient (Wildman–Crippen LogP) is 3.50. The zero-order chi connectivity index (χ0) is 14.4. The highest BCUT2D eigenvalue weighted by Crippen LogP contribution is 2.23. The second-order valence-corrected chi connectivity index (χ2v) is 4.40. The third-order valence-electron chi connectivity index (χ3n) is 2.96. The summed E-state index contributed by atoms with van der Waals surface area (Å²) in [7, 11) is 0. The SMILES string of the molecule is CCNC(=O)c1cccc(-c2ccc(OCC)cc2)c1. The van der Waals surface area contributed by atoms with Crippen LogP contribution < -0.4 is 10.1 Å². The molecular formula is C17H19NO2. The highest BCUT2D eigenvalue weighted by molar-refractivity contribution is 5.95. The zero-order valence-corrected chi connectivity index (χ0v) is 11.8. The standard InChI is InChI=1S/C17H19NO2/c1-3-18-17(19)15-7-5-6-14(12-15)13-8-10-16(11-9-13)20-4-2/h5-12H,3-4H2,1-2H3,(H,18,19). The summed E-state index contributed by atoms with van der Waals surface area (Å²) in [5, 5.41) is 2.81. The summed E-state index contributed by atoms with van der Waals surface area (Å²) in [6.07, 6.45) is 0. The number of benzene rings is 2. The molecule has 0 bridgehead atoms. The van der Waals surface area contributed by atoms with Gasteiger partial charge >= 0.3 is 0 Å². The van der Waals surface area contributed by atoms with E-state index in [2.05, 4.69) is 5.32 Å². The third-order valence-corrected chi connectivity index (χ3v) is 2.96. The van der Waals surface area contributed by atoms with E-state index in [0.29, 0.717) is 18.7 Å². The van der Waals surface area contributed by atoms with Crippen LogP contribution in [0.25, 0.3) is 11.1 Å². The molecule has 0 aliphatic rings. The second-order valence-electron chi connectivity index (χ2n) is 4.40. The van der Waals surface area contributed by atoms with Gasteiger partial charge < -0.3 is 10.1 Å².